The summed E-state index contributed by atoms with van der Waals surface area (Å²) in [5.41, 5.74) is 8.98. The van der Waals surface area contributed by atoms with Crippen LogP contribution in [0.15, 0.2) is 126 Å². The van der Waals surface area contributed by atoms with Crippen LogP contribution in [-0.2, 0) is 25.5 Å². The molecule has 0 saturated carbocycles. The van der Waals surface area contributed by atoms with E-state index in [4.69, 9.17) is 4.42 Å². The zero-order chi connectivity index (χ0) is 30.5. The van der Waals surface area contributed by atoms with Crippen molar-refractivity contribution in [2.75, 3.05) is 0 Å². The van der Waals surface area contributed by atoms with Gasteiger partial charge in [-0.3, -0.25) is 0 Å². The molecule has 0 fully saturated rings. The molecule has 7 rings (SSSR count). The first-order chi connectivity index (χ1) is 21.5. The van der Waals surface area contributed by atoms with Crippen molar-refractivity contribution in [3.8, 4) is 39.7 Å². The van der Waals surface area contributed by atoms with Gasteiger partial charge in [0.05, 0.1) is 17.2 Å². The molecule has 0 aliphatic heterocycles. The second-order valence-corrected chi connectivity index (χ2v) is 11.2. The average molecular weight is 762 g/mol. The average Bonchev–Trinajstić information content (AvgIpc) is 3.48. The van der Waals surface area contributed by atoms with Gasteiger partial charge in [-0.2, -0.15) is 5.26 Å². The predicted octanol–water partition coefficient (Wildman–Crippen LogP) is 10.2. The summed E-state index contributed by atoms with van der Waals surface area (Å²) >= 11 is 0. The summed E-state index contributed by atoms with van der Waals surface area (Å²) in [5, 5.41) is 11.6. The van der Waals surface area contributed by atoms with Crippen molar-refractivity contribution in [2.45, 2.75) is 32.6 Å². The van der Waals surface area contributed by atoms with Gasteiger partial charge in [0.2, 0.25) is 0 Å². The smallest absolute Gasteiger partial charge is 0.130 e. The van der Waals surface area contributed by atoms with Crippen LogP contribution in [0.5, 0.6) is 0 Å². The maximum Gasteiger partial charge on any atom is 0.130 e. The molecule has 7 aromatic rings. The predicted molar refractivity (Wildman–Crippen MR) is 178 cm³/mol. The summed E-state index contributed by atoms with van der Waals surface area (Å²) in [6.45, 7) is 6.70. The fourth-order valence-electron chi connectivity index (χ4n) is 5.20. The van der Waals surface area contributed by atoms with Crippen LogP contribution in [-0.4, -0.2) is 9.97 Å². The van der Waals surface area contributed by atoms with Crippen LogP contribution in [0.4, 0.5) is 0 Å². The minimum Gasteiger partial charge on any atom is -0.500 e. The van der Waals surface area contributed by atoms with Gasteiger partial charge in [-0.05, 0) is 46.5 Å². The van der Waals surface area contributed by atoms with Gasteiger partial charge < -0.3 is 14.4 Å². The van der Waals surface area contributed by atoms with Crippen LogP contribution < -0.4 is 0 Å². The number of pyridine rings is 2. The molecule has 45 heavy (non-hydrogen) atoms. The van der Waals surface area contributed by atoms with Gasteiger partial charge in [0.1, 0.15) is 5.58 Å². The first kappa shape index (κ1) is 31.5. The van der Waals surface area contributed by atoms with Crippen molar-refractivity contribution >= 4 is 21.9 Å². The SMILES string of the molecule is CCC(C)(C)c1ccc(-c2[c-]cccc2)nc1.N#Cc1ccc2c(oc3c(-c4ccccn4)[c-]ccc32)c1-c1ccccc1.[Ir]. The molecule has 3 heterocycles. The molecule has 0 aliphatic rings. The third-order valence-corrected chi connectivity index (χ3v) is 8.12. The third-order valence-electron chi connectivity index (χ3n) is 8.12. The van der Waals surface area contributed by atoms with Crippen molar-refractivity contribution in [3.63, 3.8) is 0 Å². The van der Waals surface area contributed by atoms with Crippen molar-refractivity contribution in [2.24, 2.45) is 0 Å². The van der Waals surface area contributed by atoms with E-state index in [0.717, 1.165) is 56.4 Å². The molecule has 0 atom stereocenters. The monoisotopic (exact) mass is 762 g/mol. The molecule has 0 unspecified atom stereocenters. The zero-order valence-corrected chi connectivity index (χ0v) is 27.7. The van der Waals surface area contributed by atoms with Gasteiger partial charge in [-0.1, -0.05) is 92.4 Å². The molecular weight excluding hydrogens is 731 g/mol. The van der Waals surface area contributed by atoms with Crippen molar-refractivity contribution < 1.29 is 24.5 Å². The van der Waals surface area contributed by atoms with E-state index in [0.29, 0.717) is 11.1 Å². The first-order valence-electron chi connectivity index (χ1n) is 14.7. The Labute approximate surface area is 277 Å². The summed E-state index contributed by atoms with van der Waals surface area (Å²) in [6.07, 6.45) is 4.86. The molecule has 0 amide bonds. The summed E-state index contributed by atoms with van der Waals surface area (Å²) in [6, 6.07) is 44.3. The Kier molecular flexibility index (Phi) is 9.69. The van der Waals surface area contributed by atoms with E-state index in [1.807, 2.05) is 103 Å². The van der Waals surface area contributed by atoms with Gasteiger partial charge >= 0.3 is 0 Å². The van der Waals surface area contributed by atoms with Gasteiger partial charge in [0.25, 0.3) is 0 Å². The molecule has 4 nitrogen and oxygen atoms in total. The van der Waals surface area contributed by atoms with E-state index in [9.17, 15) is 5.26 Å². The van der Waals surface area contributed by atoms with E-state index in [-0.39, 0.29) is 25.5 Å². The zero-order valence-electron chi connectivity index (χ0n) is 25.3. The first-order valence-corrected chi connectivity index (χ1v) is 14.7. The second kappa shape index (κ2) is 13.8. The van der Waals surface area contributed by atoms with Crippen LogP contribution in [0.2, 0.25) is 0 Å². The number of nitriles is 1. The van der Waals surface area contributed by atoms with Crippen LogP contribution in [0, 0.1) is 23.5 Å². The summed E-state index contributed by atoms with van der Waals surface area (Å²) in [4.78, 5) is 8.97. The topological polar surface area (TPSA) is 62.7 Å². The van der Waals surface area contributed by atoms with Crippen LogP contribution in [0.1, 0.15) is 38.3 Å². The molecule has 4 aromatic carbocycles. The van der Waals surface area contributed by atoms with Gasteiger partial charge in [0, 0.05) is 43.4 Å². The fraction of sp³-hybridized carbons (Fsp3) is 0.125. The normalized spacial score (nSPS) is 10.9. The van der Waals surface area contributed by atoms with E-state index >= 15 is 0 Å². The minimum absolute atomic E-state index is 0. The van der Waals surface area contributed by atoms with E-state index in [1.165, 1.54) is 5.56 Å². The molecule has 3 aromatic heterocycles. The van der Waals surface area contributed by atoms with E-state index in [2.05, 4.69) is 61.1 Å². The molecule has 223 valence electrons. The summed E-state index contributed by atoms with van der Waals surface area (Å²) in [7, 11) is 0. The van der Waals surface area contributed by atoms with Gasteiger partial charge in [0.15, 0.2) is 0 Å². The molecule has 0 saturated heterocycles. The van der Waals surface area contributed by atoms with Gasteiger partial charge in [-0.25, -0.2) is 0 Å². The maximum atomic E-state index is 9.64. The second-order valence-electron chi connectivity index (χ2n) is 11.2. The number of nitrogens with zero attached hydrogens (tertiary/aromatic N) is 3. The Morgan fingerprint density at radius 2 is 1.53 bits per heavy atom. The Morgan fingerprint density at radius 3 is 2.20 bits per heavy atom. The summed E-state index contributed by atoms with van der Waals surface area (Å²) < 4.78 is 6.34. The molecule has 0 aliphatic carbocycles. The van der Waals surface area contributed by atoms with E-state index in [1.54, 1.807) is 6.20 Å². The fourth-order valence-corrected chi connectivity index (χ4v) is 5.20. The van der Waals surface area contributed by atoms with E-state index < -0.39 is 0 Å². The molecule has 5 heteroatoms. The molecule has 0 bridgehead atoms. The van der Waals surface area contributed by atoms with Crippen molar-refractivity contribution in [1.82, 2.24) is 9.97 Å². The number of furan rings is 1. The molecule has 0 N–H and O–H groups in total. The number of hydrogen-bond donors (Lipinski definition) is 0. The standard InChI is InChI=1S/C24H13N2O.C16H18N.Ir/c25-15-17-12-13-19-18-9-6-10-20(21-11-4-5-14-26-21)23(18)27-24(19)22(17)16-7-2-1-3-8-16;1-4-16(2,3)14-10-11-15(17-12-14)13-8-6-5-7-9-13;/h1-9,11-14H;5-8,10-12H,4H2,1-3H3;/q2*-1;. The van der Waals surface area contributed by atoms with Gasteiger partial charge in [-0.15, -0.1) is 54.1 Å². The Bertz CT molecular complexity index is 2060. The Hall–Kier alpha value is -4.88. The number of rotatable bonds is 5. The molecule has 0 spiro atoms. The minimum atomic E-state index is 0. The molecular formula is C40H31IrN3O-2. The summed E-state index contributed by atoms with van der Waals surface area (Å²) in [5.74, 6) is 0. The number of hydrogen-bond acceptors (Lipinski definition) is 4. The molecule has 1 radical (unpaired) electrons. The Morgan fingerprint density at radius 1 is 0.756 bits per heavy atom. The van der Waals surface area contributed by atoms with Crippen molar-refractivity contribution in [3.05, 3.63) is 145 Å². The maximum absolute atomic E-state index is 9.64. The largest absolute Gasteiger partial charge is 0.500 e. The quantitative estimate of drug-likeness (QED) is 0.164. The Balaban J connectivity index is 0.000000193. The number of aromatic nitrogens is 2. The number of fused-ring (bicyclic) bond motifs is 3. The third kappa shape index (κ3) is 6.49. The van der Waals surface area contributed by atoms with Crippen LogP contribution in [0.25, 0.3) is 55.6 Å². The van der Waals surface area contributed by atoms with Crippen LogP contribution >= 0.6 is 0 Å². The van der Waals surface area contributed by atoms with Crippen molar-refractivity contribution in [1.29, 1.82) is 5.26 Å². The number of benzene rings is 4. The van der Waals surface area contributed by atoms with Crippen LogP contribution in [0.3, 0.4) is 0 Å².